The van der Waals surface area contributed by atoms with E-state index >= 15 is 0 Å². The number of hydrogen-bond acceptors (Lipinski definition) is 4. The zero-order valence-corrected chi connectivity index (χ0v) is 18.3. The van der Waals surface area contributed by atoms with Crippen molar-refractivity contribution < 1.29 is 19.1 Å². The first kappa shape index (κ1) is 22.1. The maximum atomic E-state index is 13.2. The second-order valence-corrected chi connectivity index (χ2v) is 7.45. The summed E-state index contributed by atoms with van der Waals surface area (Å²) in [6, 6.07) is 26.8. The van der Waals surface area contributed by atoms with E-state index in [-0.39, 0.29) is 12.5 Å². The van der Waals surface area contributed by atoms with Crippen LogP contribution in [0.25, 0.3) is 10.9 Å². The average Bonchev–Trinajstić information content (AvgIpc) is 3.19. The minimum Gasteiger partial charge on any atom is -0.447 e. The van der Waals surface area contributed by atoms with Gasteiger partial charge in [0.15, 0.2) is 0 Å². The number of anilines is 2. The Labute approximate surface area is 191 Å². The Bertz CT molecular complexity index is 1250. The van der Waals surface area contributed by atoms with E-state index in [4.69, 9.17) is 9.47 Å². The molecule has 3 aromatic carbocycles. The number of aromatic nitrogens is 1. The number of methoxy groups -OCH3 is 1. The molecule has 2 N–H and O–H groups in total. The third-order valence-electron chi connectivity index (χ3n) is 5.11. The van der Waals surface area contributed by atoms with Crippen LogP contribution >= 0.6 is 0 Å². The number of carbonyl (C=O) groups is 2. The predicted molar refractivity (Wildman–Crippen MR) is 129 cm³/mol. The Hall–Kier alpha value is -4.10. The highest BCUT2D eigenvalue weighted by Gasteiger charge is 2.16. The normalized spacial score (nSPS) is 10.7. The molecular weight excluding hydrogens is 418 g/mol. The molecule has 0 aliphatic carbocycles. The first-order valence-corrected chi connectivity index (χ1v) is 10.6. The maximum absolute atomic E-state index is 13.2. The Morgan fingerprint density at radius 3 is 2.33 bits per heavy atom. The molecule has 0 unspecified atom stereocenters. The van der Waals surface area contributed by atoms with Gasteiger partial charge in [0.1, 0.15) is 12.3 Å². The Balaban J connectivity index is 1.53. The smallest absolute Gasteiger partial charge is 0.411 e. The van der Waals surface area contributed by atoms with E-state index in [2.05, 4.69) is 10.6 Å². The van der Waals surface area contributed by atoms with E-state index in [1.165, 1.54) is 7.11 Å². The van der Waals surface area contributed by atoms with Gasteiger partial charge in [0.25, 0.3) is 5.91 Å². The lowest BCUT2D eigenvalue weighted by Crippen LogP contribution is -2.18. The summed E-state index contributed by atoms with van der Waals surface area (Å²) in [6.45, 7) is 1.05. The van der Waals surface area contributed by atoms with Crippen LogP contribution in [-0.2, 0) is 16.0 Å². The quantitative estimate of drug-likeness (QED) is 0.370. The lowest BCUT2D eigenvalue weighted by atomic mass is 10.2. The van der Waals surface area contributed by atoms with Crippen molar-refractivity contribution in [3.63, 3.8) is 0 Å². The highest BCUT2D eigenvalue weighted by molar-refractivity contribution is 6.06. The average molecular weight is 444 g/mol. The zero-order chi connectivity index (χ0) is 23.0. The van der Waals surface area contributed by atoms with E-state index in [0.717, 1.165) is 16.5 Å². The Morgan fingerprint density at radius 2 is 1.55 bits per heavy atom. The van der Waals surface area contributed by atoms with Gasteiger partial charge in [-0.2, -0.15) is 0 Å². The summed E-state index contributed by atoms with van der Waals surface area (Å²) >= 11 is 0. The van der Waals surface area contributed by atoms with Crippen LogP contribution in [0.15, 0.2) is 84.9 Å². The molecule has 0 aliphatic heterocycles. The molecule has 33 heavy (non-hydrogen) atoms. The van der Waals surface area contributed by atoms with Crippen molar-refractivity contribution >= 4 is 34.3 Å². The fraction of sp³-hybridized carbons (Fsp3) is 0.154. The molecule has 0 bridgehead atoms. The first-order valence-electron chi connectivity index (χ1n) is 10.6. The van der Waals surface area contributed by atoms with E-state index < -0.39 is 6.09 Å². The van der Waals surface area contributed by atoms with E-state index in [0.29, 0.717) is 30.2 Å². The summed E-state index contributed by atoms with van der Waals surface area (Å²) in [5.74, 6) is -0.234. The first-order chi connectivity index (χ1) is 16.1. The van der Waals surface area contributed by atoms with Crippen LogP contribution in [0.1, 0.15) is 16.1 Å². The van der Waals surface area contributed by atoms with Gasteiger partial charge < -0.3 is 19.4 Å². The summed E-state index contributed by atoms with van der Waals surface area (Å²) in [6.07, 6.45) is -0.585. The number of para-hydroxylation sites is 1. The van der Waals surface area contributed by atoms with Crippen molar-refractivity contribution in [3.8, 4) is 0 Å². The number of carbonyl (C=O) groups excluding carboxylic acids is 2. The lowest BCUT2D eigenvalue weighted by Gasteiger charge is -2.12. The minimum atomic E-state index is -0.585. The van der Waals surface area contributed by atoms with Crippen LogP contribution in [0.2, 0.25) is 0 Å². The lowest BCUT2D eigenvalue weighted by molar-refractivity contribution is 0.101. The molecular formula is C26H25N3O4. The van der Waals surface area contributed by atoms with Crippen LogP contribution in [0.5, 0.6) is 0 Å². The van der Waals surface area contributed by atoms with E-state index in [1.807, 2.05) is 65.2 Å². The summed E-state index contributed by atoms with van der Waals surface area (Å²) < 4.78 is 11.9. The van der Waals surface area contributed by atoms with Crippen molar-refractivity contribution in [1.29, 1.82) is 0 Å². The van der Waals surface area contributed by atoms with Gasteiger partial charge in [-0.3, -0.25) is 10.1 Å². The van der Waals surface area contributed by atoms with Crippen molar-refractivity contribution in [3.05, 3.63) is 96.2 Å². The molecule has 1 aromatic heterocycles. The molecule has 2 amide bonds. The molecule has 0 spiro atoms. The number of nitrogens with zero attached hydrogens (tertiary/aromatic N) is 1. The van der Waals surface area contributed by atoms with E-state index in [1.54, 1.807) is 24.3 Å². The van der Waals surface area contributed by atoms with Crippen LogP contribution < -0.4 is 10.6 Å². The second-order valence-electron chi connectivity index (χ2n) is 7.45. The fourth-order valence-corrected chi connectivity index (χ4v) is 3.58. The van der Waals surface area contributed by atoms with Crippen LogP contribution in [0.3, 0.4) is 0 Å². The van der Waals surface area contributed by atoms with Gasteiger partial charge in [-0.25, -0.2) is 4.79 Å². The molecule has 0 saturated carbocycles. The molecule has 7 heteroatoms. The maximum Gasteiger partial charge on any atom is 0.411 e. The molecule has 4 aromatic rings. The molecule has 0 atom stereocenters. The summed E-state index contributed by atoms with van der Waals surface area (Å²) in [7, 11) is 1.53. The number of benzene rings is 3. The third-order valence-corrected chi connectivity index (χ3v) is 5.11. The Kier molecular flexibility index (Phi) is 7.02. The number of ether oxygens (including phenoxy) is 2. The number of hydrogen-bond donors (Lipinski definition) is 2. The number of rotatable bonds is 8. The van der Waals surface area contributed by atoms with Gasteiger partial charge in [-0.05, 0) is 35.9 Å². The van der Waals surface area contributed by atoms with Crippen molar-refractivity contribution in [2.45, 2.75) is 6.54 Å². The van der Waals surface area contributed by atoms with Gasteiger partial charge in [0, 0.05) is 35.9 Å². The topological polar surface area (TPSA) is 81.6 Å². The minimum absolute atomic E-state index is 0.157. The fourth-order valence-electron chi connectivity index (χ4n) is 3.58. The van der Waals surface area contributed by atoms with Gasteiger partial charge in [-0.15, -0.1) is 0 Å². The number of nitrogens with one attached hydrogen (secondary N) is 2. The van der Waals surface area contributed by atoms with Crippen LogP contribution in [-0.4, -0.2) is 36.9 Å². The van der Waals surface area contributed by atoms with Gasteiger partial charge in [0.05, 0.1) is 6.61 Å². The third kappa shape index (κ3) is 5.58. The zero-order valence-electron chi connectivity index (χ0n) is 18.3. The molecule has 0 saturated heterocycles. The molecule has 4 rings (SSSR count). The second kappa shape index (κ2) is 10.5. The molecule has 0 fully saturated rings. The van der Waals surface area contributed by atoms with Gasteiger partial charge in [-0.1, -0.05) is 54.6 Å². The summed E-state index contributed by atoms with van der Waals surface area (Å²) in [4.78, 5) is 25.1. The predicted octanol–water partition coefficient (Wildman–Crippen LogP) is 5.14. The largest absolute Gasteiger partial charge is 0.447 e. The number of fused-ring (bicyclic) bond motifs is 1. The molecule has 168 valence electrons. The van der Waals surface area contributed by atoms with Gasteiger partial charge in [0.2, 0.25) is 0 Å². The molecule has 0 aliphatic rings. The van der Waals surface area contributed by atoms with E-state index in [9.17, 15) is 9.59 Å². The SMILES string of the molecule is COCCOC(=O)Nc1cccc(NC(=O)c2cc3ccccc3n2Cc2ccccc2)c1. The highest BCUT2D eigenvalue weighted by atomic mass is 16.6. The molecule has 7 nitrogen and oxygen atoms in total. The van der Waals surface area contributed by atoms with Gasteiger partial charge >= 0.3 is 6.09 Å². The van der Waals surface area contributed by atoms with Crippen LogP contribution in [0.4, 0.5) is 16.2 Å². The van der Waals surface area contributed by atoms with Crippen molar-refractivity contribution in [2.24, 2.45) is 0 Å². The molecule has 0 radical (unpaired) electrons. The standard InChI is InChI=1S/C26H25N3O4/c1-32-14-15-33-26(31)28-22-12-7-11-21(17-22)27-25(30)24-16-20-10-5-6-13-23(20)29(24)18-19-8-3-2-4-9-19/h2-13,16-17H,14-15,18H2,1H3,(H,27,30)(H,28,31). The molecule has 1 heterocycles. The monoisotopic (exact) mass is 443 g/mol. The van der Waals surface area contributed by atoms with Crippen molar-refractivity contribution in [2.75, 3.05) is 31.0 Å². The summed E-state index contributed by atoms with van der Waals surface area (Å²) in [5.41, 5.74) is 3.72. The Morgan fingerprint density at radius 1 is 0.818 bits per heavy atom. The van der Waals surface area contributed by atoms with Crippen LogP contribution in [0, 0.1) is 0 Å². The summed E-state index contributed by atoms with van der Waals surface area (Å²) in [5, 5.41) is 6.58. The number of amides is 2. The van der Waals surface area contributed by atoms with Crippen molar-refractivity contribution in [1.82, 2.24) is 4.57 Å². The highest BCUT2D eigenvalue weighted by Crippen LogP contribution is 2.23.